The van der Waals surface area contributed by atoms with Crippen molar-refractivity contribution < 1.29 is 66.0 Å². The van der Waals surface area contributed by atoms with E-state index in [1.54, 1.807) is 11.8 Å². The molecule has 119 heavy (non-hydrogen) atoms. The summed E-state index contributed by atoms with van der Waals surface area (Å²) < 4.78 is 14.0. The molecule has 0 rings (SSSR count). The van der Waals surface area contributed by atoms with E-state index in [9.17, 15) is 28.8 Å². The van der Waals surface area contributed by atoms with Gasteiger partial charge in [-0.3, -0.25) is 24.0 Å². The van der Waals surface area contributed by atoms with Crippen LogP contribution in [0.15, 0.2) is 0 Å². The van der Waals surface area contributed by atoms with Crippen molar-refractivity contribution in [2.45, 2.75) is 421 Å². The lowest BCUT2D eigenvalue weighted by molar-refractivity contribution is -0.910. The summed E-state index contributed by atoms with van der Waals surface area (Å²) >= 11 is 0. The molecule has 3 N–H and O–H groups in total. The summed E-state index contributed by atoms with van der Waals surface area (Å²) in [6.45, 7) is 36.7. The van der Waals surface area contributed by atoms with Crippen LogP contribution in [0.2, 0.25) is 0 Å². The highest BCUT2D eigenvalue weighted by atomic mass is 16.5. The molecule has 704 valence electrons. The maximum atomic E-state index is 14.2. The minimum Gasteiger partial charge on any atom is -0.469 e. The zero-order chi connectivity index (χ0) is 88.6. The summed E-state index contributed by atoms with van der Waals surface area (Å²) in [5, 5.41) is 2.95. The number of amides is 3. The fraction of sp³-hybridized carbons (Fsp3) is 0.941. The molecule has 17 heteroatoms. The van der Waals surface area contributed by atoms with Gasteiger partial charge in [0.2, 0.25) is 17.7 Å². The number of carbonyl (C=O) groups excluding carboxylic acids is 6. The second kappa shape index (κ2) is 73.9. The summed E-state index contributed by atoms with van der Waals surface area (Å²) in [5.74, 6) is -0.344. The lowest BCUT2D eigenvalue weighted by atomic mass is 9.71. The Morgan fingerprint density at radius 3 is 1.13 bits per heavy atom. The zero-order valence-electron chi connectivity index (χ0n) is 83.2. The molecule has 0 aliphatic heterocycles. The van der Waals surface area contributed by atoms with Crippen molar-refractivity contribution in [1.29, 1.82) is 0 Å². The van der Waals surface area contributed by atoms with Crippen LogP contribution in [0.4, 0.5) is 0 Å². The molecule has 17 nitrogen and oxygen atoms in total. The van der Waals surface area contributed by atoms with Gasteiger partial charge in [-0.1, -0.05) is 202 Å². The SMILES string of the molecule is CCCCCCCCCCCC[NH+](C)CCCN(CCC[N+](C)(C)CCCCCCCCCC[N+](C)(CCCN(CCC[N+](C)(C)CCCCC(CCC)(CCCCC)CCCCCCCC[NH+](C)CCCNC(=O)CCC(=O)OC)C(=O)CCC(C)=O)CCCC(CC)(CCCC)CCCCCC[N+](C)(C)CCC)C(=O)CCC(=O)OCC. The molecule has 0 spiro atoms. The molecule has 5 unspecified atom stereocenters. The Morgan fingerprint density at radius 2 is 0.664 bits per heavy atom. The van der Waals surface area contributed by atoms with E-state index in [4.69, 9.17) is 4.74 Å². The highest BCUT2D eigenvalue weighted by Crippen LogP contribution is 2.42. The smallest absolute Gasteiger partial charge is 0.306 e. The third-order valence-corrected chi connectivity index (χ3v) is 27.5. The van der Waals surface area contributed by atoms with Gasteiger partial charge in [0.25, 0.3) is 0 Å². The molecular weight excluding hydrogens is 1480 g/mol. The number of methoxy groups -OCH3 is 1. The van der Waals surface area contributed by atoms with Crippen LogP contribution in [0.25, 0.3) is 0 Å². The van der Waals surface area contributed by atoms with Gasteiger partial charge in [-0.15, -0.1) is 0 Å². The number of unbranched alkanes of at least 4 members (excludes halogenated alkanes) is 28. The number of hydrogen-bond acceptors (Lipinski definition) is 8. The molecule has 0 saturated heterocycles. The van der Waals surface area contributed by atoms with Crippen LogP contribution in [0.3, 0.4) is 0 Å². The van der Waals surface area contributed by atoms with Crippen LogP contribution in [-0.2, 0) is 38.2 Å². The minimum absolute atomic E-state index is 0.0786. The van der Waals surface area contributed by atoms with Crippen LogP contribution in [0, 0.1) is 10.8 Å². The Hall–Kier alpha value is -3.22. The van der Waals surface area contributed by atoms with Crippen molar-refractivity contribution in [1.82, 2.24) is 15.1 Å². The predicted molar refractivity (Wildman–Crippen MR) is 507 cm³/mol. The van der Waals surface area contributed by atoms with Gasteiger partial charge in [0.05, 0.1) is 175 Å². The van der Waals surface area contributed by atoms with E-state index in [1.807, 2.05) is 6.92 Å². The van der Waals surface area contributed by atoms with Gasteiger partial charge in [0.15, 0.2) is 0 Å². The van der Waals surface area contributed by atoms with Crippen molar-refractivity contribution in [3.63, 3.8) is 0 Å². The van der Waals surface area contributed by atoms with Gasteiger partial charge < -0.3 is 57.1 Å². The summed E-state index contributed by atoms with van der Waals surface area (Å²) in [6.07, 6.45) is 67.0. The first-order valence-electron chi connectivity index (χ1n) is 51.4. The first kappa shape index (κ1) is 116. The standard InChI is InChI=1S/C102H206N9O8/c1-19-26-29-30-31-32-33-37-43-53-79-105(10)81-60-82-106(98(115)67-69-100(117)119-25-7)83-61-90-109(13,14)88-54-45-39-34-35-40-46-56-92-111(17,93-58-76-101(24-6,71-28-21-3)72-49-42-47-55-87-108(11,12)86-23-5)94-63-85-107(97(114)66-64-95(8)112)84-62-91-110(15,16)89-57-51-75-102(70-22-4,73-48-27-20-2)74-50-41-36-38-44-52-78-104(9)80-59-77-103-96(113)65-68-99(116)118-18/h19-94H2,1-18H3/q+3/p+3. The Labute approximate surface area is 739 Å². The van der Waals surface area contributed by atoms with Gasteiger partial charge in [0.1, 0.15) is 5.78 Å². The molecule has 0 saturated carbocycles. The van der Waals surface area contributed by atoms with E-state index >= 15 is 0 Å². The quantitative estimate of drug-likeness (QED) is 0.0310. The molecule has 0 fully saturated rings. The van der Waals surface area contributed by atoms with Crippen LogP contribution in [-0.4, -0.2) is 258 Å². The molecule has 0 aromatic carbocycles. The molecular formula is C102H209N9O8+6. The number of nitrogens with one attached hydrogen (secondary N) is 3. The fourth-order valence-corrected chi connectivity index (χ4v) is 19.3. The third kappa shape index (κ3) is 66.8. The number of quaternary nitrogens is 6. The monoisotopic (exact) mass is 1690 g/mol. The van der Waals surface area contributed by atoms with E-state index in [0.717, 1.165) is 115 Å². The van der Waals surface area contributed by atoms with Gasteiger partial charge in [-0.05, 0) is 160 Å². The molecule has 0 aromatic rings. The Balaban J connectivity index is 5.88. The van der Waals surface area contributed by atoms with Gasteiger partial charge in [0, 0.05) is 90.5 Å². The van der Waals surface area contributed by atoms with E-state index in [1.165, 1.54) is 353 Å². The molecule has 5 atom stereocenters. The largest absolute Gasteiger partial charge is 0.469 e. The fourth-order valence-electron chi connectivity index (χ4n) is 19.3. The second-order valence-corrected chi connectivity index (χ2v) is 40.6. The number of hydrogen-bond donors (Lipinski definition) is 3. The van der Waals surface area contributed by atoms with Crippen LogP contribution < -0.4 is 15.1 Å². The highest BCUT2D eigenvalue weighted by molar-refractivity contribution is 5.84. The average Bonchev–Trinajstić information content (AvgIpc) is 0.866. The second-order valence-electron chi connectivity index (χ2n) is 40.6. The third-order valence-electron chi connectivity index (χ3n) is 27.5. The number of carbonyl (C=O) groups is 6. The number of rotatable bonds is 89. The van der Waals surface area contributed by atoms with Crippen LogP contribution in [0.1, 0.15) is 421 Å². The summed E-state index contributed by atoms with van der Waals surface area (Å²) in [7, 11) is 22.9. The maximum absolute atomic E-state index is 14.2. The molecule has 0 aliphatic carbocycles. The summed E-state index contributed by atoms with van der Waals surface area (Å²) in [6, 6.07) is 0. The van der Waals surface area contributed by atoms with Crippen molar-refractivity contribution >= 4 is 35.4 Å². The van der Waals surface area contributed by atoms with Crippen molar-refractivity contribution in [2.24, 2.45) is 10.8 Å². The summed E-state index contributed by atoms with van der Waals surface area (Å²) in [5.41, 5.74) is 0.890. The van der Waals surface area contributed by atoms with E-state index in [-0.39, 0.29) is 61.1 Å². The van der Waals surface area contributed by atoms with Gasteiger partial charge in [-0.2, -0.15) is 0 Å². The molecule has 0 bridgehead atoms. The molecule has 3 amide bonds. The number of ketones is 1. The molecule has 0 aromatic heterocycles. The van der Waals surface area contributed by atoms with Crippen molar-refractivity contribution in [2.75, 3.05) is 195 Å². The van der Waals surface area contributed by atoms with Crippen molar-refractivity contribution in [3.05, 3.63) is 0 Å². The molecule has 0 heterocycles. The Morgan fingerprint density at radius 1 is 0.319 bits per heavy atom. The predicted octanol–water partition coefficient (Wildman–Crippen LogP) is 20.1. The maximum Gasteiger partial charge on any atom is 0.306 e. The van der Waals surface area contributed by atoms with Gasteiger partial charge in [-0.25, -0.2) is 0 Å². The Bertz CT molecular complexity index is 2450. The van der Waals surface area contributed by atoms with Crippen molar-refractivity contribution in [3.8, 4) is 0 Å². The normalized spacial score (nSPS) is 14.2. The Kier molecular flexibility index (Phi) is 71.9. The topological polar surface area (TPSA) is 148 Å². The first-order chi connectivity index (χ1) is 57.0. The zero-order valence-corrected chi connectivity index (χ0v) is 83.2. The lowest BCUT2D eigenvalue weighted by Gasteiger charge is -2.38. The number of esters is 2. The van der Waals surface area contributed by atoms with E-state index in [0.29, 0.717) is 36.8 Å². The summed E-state index contributed by atoms with van der Waals surface area (Å²) in [4.78, 5) is 83.2. The highest BCUT2D eigenvalue weighted by Gasteiger charge is 2.32. The minimum atomic E-state index is -0.343. The number of Topliss-reactive ketones (excluding diaryl/α,β-unsaturated/α-hetero) is 1. The van der Waals surface area contributed by atoms with Crippen LogP contribution in [0.5, 0.6) is 0 Å². The number of ether oxygens (including phenoxy) is 2. The van der Waals surface area contributed by atoms with Crippen LogP contribution >= 0.6 is 0 Å². The lowest BCUT2D eigenvalue weighted by Crippen LogP contribution is -3.09. The average molecular weight is 1690 g/mol. The number of nitrogens with zero attached hydrogens (tertiary/aromatic N) is 6. The molecule has 0 radical (unpaired) electrons. The first-order valence-corrected chi connectivity index (χ1v) is 51.4. The molecule has 0 aliphatic rings. The van der Waals surface area contributed by atoms with Gasteiger partial charge >= 0.3 is 11.9 Å². The van der Waals surface area contributed by atoms with E-state index in [2.05, 4.69) is 125 Å². The van der Waals surface area contributed by atoms with E-state index < -0.39 is 0 Å².